The van der Waals surface area contributed by atoms with Crippen LogP contribution in [0.25, 0.3) is 10.9 Å². The van der Waals surface area contributed by atoms with Crippen LogP contribution in [0.2, 0.25) is 0 Å². The lowest BCUT2D eigenvalue weighted by molar-refractivity contribution is -0.132. The number of benzene rings is 2. The zero-order valence-electron chi connectivity index (χ0n) is 22.3. The Kier molecular flexibility index (Phi) is 7.34. The van der Waals surface area contributed by atoms with Gasteiger partial charge in [-0.15, -0.1) is 0 Å². The van der Waals surface area contributed by atoms with Gasteiger partial charge in [-0.05, 0) is 92.2 Å². The average Bonchev–Trinajstić information content (AvgIpc) is 3.34. The molecule has 1 aromatic heterocycles. The first kappa shape index (κ1) is 25.9. The van der Waals surface area contributed by atoms with Crippen LogP contribution in [0.5, 0.6) is 0 Å². The van der Waals surface area contributed by atoms with E-state index >= 15 is 0 Å². The second-order valence-electron chi connectivity index (χ2n) is 12.1. The molecule has 39 heavy (non-hydrogen) atoms. The Morgan fingerprint density at radius 3 is 2.28 bits per heavy atom. The number of fused-ring (bicyclic) bond motifs is 1. The van der Waals surface area contributed by atoms with Gasteiger partial charge in [-0.1, -0.05) is 48.5 Å². The standard InChI is InChI=1S/C32H39N3O4/c36-19-26(17-20-6-2-1-3-7-20)34-31(37)29(11-10-23-18-33-28-9-5-4-8-27(23)28)35(32(38)39)30-24-13-21-12-22(15-24)16-25(30)14-21/h1-9,18,21-22,24-26,29-30,33,36H,10-17,19H2,(H,34,37)(H,38,39). The van der Waals surface area contributed by atoms with Crippen LogP contribution < -0.4 is 5.32 Å². The molecule has 4 fully saturated rings. The fourth-order valence-electron chi connectivity index (χ4n) is 8.20. The fraction of sp³-hybridized carbons (Fsp3) is 0.500. The van der Waals surface area contributed by atoms with Gasteiger partial charge < -0.3 is 20.5 Å². The molecule has 2 amide bonds. The van der Waals surface area contributed by atoms with E-state index in [0.29, 0.717) is 42.9 Å². The number of nitrogens with one attached hydrogen (secondary N) is 2. The van der Waals surface area contributed by atoms with E-state index in [4.69, 9.17) is 0 Å². The first-order valence-electron chi connectivity index (χ1n) is 14.5. The lowest BCUT2D eigenvalue weighted by Gasteiger charge is -2.57. The summed E-state index contributed by atoms with van der Waals surface area (Å²) in [6, 6.07) is 16.4. The molecule has 7 heteroatoms. The molecular weight excluding hydrogens is 490 g/mol. The number of rotatable bonds is 10. The molecule has 0 spiro atoms. The van der Waals surface area contributed by atoms with Crippen molar-refractivity contribution in [3.63, 3.8) is 0 Å². The third-order valence-electron chi connectivity index (χ3n) is 9.61. The minimum atomic E-state index is -1.00. The molecule has 0 radical (unpaired) electrons. The van der Waals surface area contributed by atoms with Gasteiger partial charge in [-0.2, -0.15) is 0 Å². The maximum Gasteiger partial charge on any atom is 0.408 e. The molecule has 4 aliphatic carbocycles. The molecule has 0 aliphatic heterocycles. The summed E-state index contributed by atoms with van der Waals surface area (Å²) < 4.78 is 0. The van der Waals surface area contributed by atoms with Crippen LogP contribution >= 0.6 is 0 Å². The van der Waals surface area contributed by atoms with Gasteiger partial charge in [0.25, 0.3) is 0 Å². The topological polar surface area (TPSA) is 106 Å². The molecule has 4 aliphatic rings. The Bertz CT molecular complexity index is 1280. The number of para-hydroxylation sites is 1. The number of carbonyl (C=O) groups is 2. The Morgan fingerprint density at radius 2 is 1.62 bits per heavy atom. The van der Waals surface area contributed by atoms with Crippen molar-refractivity contribution in [1.82, 2.24) is 15.2 Å². The number of aromatic amines is 1. The second-order valence-corrected chi connectivity index (χ2v) is 12.1. The summed E-state index contributed by atoms with van der Waals surface area (Å²) >= 11 is 0. The van der Waals surface area contributed by atoms with E-state index in [9.17, 15) is 19.8 Å². The Morgan fingerprint density at radius 1 is 0.949 bits per heavy atom. The molecule has 2 aromatic carbocycles. The molecule has 1 heterocycles. The van der Waals surface area contributed by atoms with E-state index in [2.05, 4.69) is 16.4 Å². The molecule has 4 saturated carbocycles. The first-order chi connectivity index (χ1) is 19.0. The molecule has 2 atom stereocenters. The van der Waals surface area contributed by atoms with Crippen molar-refractivity contribution in [1.29, 1.82) is 0 Å². The number of hydrogen-bond donors (Lipinski definition) is 4. The van der Waals surface area contributed by atoms with Crippen LogP contribution in [-0.4, -0.2) is 56.8 Å². The summed E-state index contributed by atoms with van der Waals surface area (Å²) in [6.07, 6.45) is 8.02. The number of hydrogen-bond acceptors (Lipinski definition) is 3. The highest BCUT2D eigenvalue weighted by atomic mass is 16.4. The molecule has 206 valence electrons. The van der Waals surface area contributed by atoms with Crippen LogP contribution in [0, 0.1) is 23.7 Å². The molecule has 4 bridgehead atoms. The van der Waals surface area contributed by atoms with Gasteiger partial charge in [-0.25, -0.2) is 4.79 Å². The Hall–Kier alpha value is -3.32. The summed E-state index contributed by atoms with van der Waals surface area (Å²) in [5, 5.41) is 24.9. The van der Waals surface area contributed by atoms with Crippen molar-refractivity contribution >= 4 is 22.9 Å². The summed E-state index contributed by atoms with van der Waals surface area (Å²) in [5.41, 5.74) is 3.14. The van der Waals surface area contributed by atoms with E-state index in [1.165, 1.54) is 11.3 Å². The summed E-state index contributed by atoms with van der Waals surface area (Å²) in [4.78, 5) is 31.8. The molecule has 0 saturated heterocycles. The van der Waals surface area contributed by atoms with Crippen molar-refractivity contribution in [3.8, 4) is 0 Å². The molecule has 2 unspecified atom stereocenters. The first-order valence-corrected chi connectivity index (χ1v) is 14.5. The predicted octanol–water partition coefficient (Wildman–Crippen LogP) is 4.99. The van der Waals surface area contributed by atoms with Gasteiger partial charge in [0, 0.05) is 23.1 Å². The number of aliphatic hydroxyl groups is 1. The zero-order chi connectivity index (χ0) is 26.9. The Balaban J connectivity index is 1.27. The van der Waals surface area contributed by atoms with Crippen LogP contribution in [-0.2, 0) is 17.6 Å². The van der Waals surface area contributed by atoms with Crippen molar-refractivity contribution in [3.05, 3.63) is 71.9 Å². The number of H-pyrrole nitrogens is 1. The maximum atomic E-state index is 14.0. The fourth-order valence-corrected chi connectivity index (χ4v) is 8.20. The number of carboxylic acid groups (broad SMARTS) is 1. The Labute approximate surface area is 229 Å². The summed E-state index contributed by atoms with van der Waals surface area (Å²) in [5.74, 6) is 1.78. The summed E-state index contributed by atoms with van der Waals surface area (Å²) in [7, 11) is 0. The highest BCUT2D eigenvalue weighted by Crippen LogP contribution is 2.55. The minimum Gasteiger partial charge on any atom is -0.465 e. The quantitative estimate of drug-likeness (QED) is 0.297. The monoisotopic (exact) mass is 529 g/mol. The van der Waals surface area contributed by atoms with Gasteiger partial charge >= 0.3 is 6.09 Å². The highest BCUT2D eigenvalue weighted by molar-refractivity contribution is 5.86. The van der Waals surface area contributed by atoms with E-state index in [-0.39, 0.29) is 18.6 Å². The number of nitrogens with zero attached hydrogens (tertiary/aromatic N) is 1. The third kappa shape index (κ3) is 5.29. The lowest BCUT2D eigenvalue weighted by Crippen LogP contribution is -2.63. The van der Waals surface area contributed by atoms with Crippen molar-refractivity contribution in [2.75, 3.05) is 6.61 Å². The van der Waals surface area contributed by atoms with Crippen molar-refractivity contribution < 1.29 is 19.8 Å². The van der Waals surface area contributed by atoms with Crippen molar-refractivity contribution in [2.45, 2.75) is 69.5 Å². The largest absolute Gasteiger partial charge is 0.465 e. The number of aryl methyl sites for hydroxylation is 1. The van der Waals surface area contributed by atoms with Gasteiger partial charge in [-0.3, -0.25) is 9.69 Å². The number of amides is 2. The maximum absolute atomic E-state index is 14.0. The van der Waals surface area contributed by atoms with E-state index < -0.39 is 18.2 Å². The predicted molar refractivity (Wildman–Crippen MR) is 150 cm³/mol. The van der Waals surface area contributed by atoms with Crippen LogP contribution in [0.1, 0.15) is 49.7 Å². The highest BCUT2D eigenvalue weighted by Gasteiger charge is 2.53. The smallest absolute Gasteiger partial charge is 0.408 e. The minimum absolute atomic E-state index is 0.115. The molecule has 4 N–H and O–H groups in total. The van der Waals surface area contributed by atoms with Gasteiger partial charge in [0.05, 0.1) is 12.6 Å². The normalized spacial score (nSPS) is 26.8. The third-order valence-corrected chi connectivity index (χ3v) is 9.61. The van der Waals surface area contributed by atoms with Crippen LogP contribution in [0.15, 0.2) is 60.8 Å². The molecule has 7 rings (SSSR count). The zero-order valence-corrected chi connectivity index (χ0v) is 22.3. The lowest BCUT2D eigenvalue weighted by atomic mass is 9.53. The molecule has 3 aromatic rings. The SMILES string of the molecule is O=C(NC(CO)Cc1ccccc1)C(CCc1c[nH]c2ccccc12)N(C(=O)O)C1C2CC3CC(C2)CC1C3. The number of carbonyl (C=O) groups excluding carboxylic acids is 1. The molecule has 7 nitrogen and oxygen atoms in total. The van der Waals surface area contributed by atoms with E-state index in [1.54, 1.807) is 0 Å². The molecular formula is C32H39N3O4. The summed E-state index contributed by atoms with van der Waals surface area (Å²) in [6.45, 7) is -0.207. The average molecular weight is 530 g/mol. The van der Waals surface area contributed by atoms with Gasteiger partial charge in [0.15, 0.2) is 0 Å². The van der Waals surface area contributed by atoms with E-state index in [1.807, 2.05) is 54.7 Å². The van der Waals surface area contributed by atoms with E-state index in [0.717, 1.165) is 47.7 Å². The van der Waals surface area contributed by atoms with Crippen molar-refractivity contribution in [2.24, 2.45) is 23.7 Å². The second kappa shape index (κ2) is 11.0. The van der Waals surface area contributed by atoms with Gasteiger partial charge in [0.1, 0.15) is 6.04 Å². The number of aromatic nitrogens is 1. The van der Waals surface area contributed by atoms with Gasteiger partial charge in [0.2, 0.25) is 5.91 Å². The van der Waals surface area contributed by atoms with Crippen LogP contribution in [0.4, 0.5) is 4.79 Å². The van der Waals surface area contributed by atoms with Crippen LogP contribution in [0.3, 0.4) is 0 Å². The number of aliphatic hydroxyl groups excluding tert-OH is 1.